The minimum Gasteiger partial charge on any atom is -0.501 e. The maximum Gasteiger partial charge on any atom is 0.0961 e. The van der Waals surface area contributed by atoms with Crippen LogP contribution in [-0.4, -0.2) is 7.11 Å². The monoisotopic (exact) mass is 122 g/mol. The van der Waals surface area contributed by atoms with E-state index in [-0.39, 0.29) is 0 Å². The summed E-state index contributed by atoms with van der Waals surface area (Å²) in [5.74, 6) is 1.00. The molecule has 0 fully saturated rings. The van der Waals surface area contributed by atoms with Crippen molar-refractivity contribution in [1.29, 1.82) is 0 Å². The highest BCUT2D eigenvalue weighted by Crippen LogP contribution is 2.15. The lowest BCUT2D eigenvalue weighted by Gasteiger charge is -2.08. The summed E-state index contributed by atoms with van der Waals surface area (Å²) in [6, 6.07) is 0. The summed E-state index contributed by atoms with van der Waals surface area (Å²) in [5, 5.41) is 0. The Morgan fingerprint density at radius 3 is 2.78 bits per heavy atom. The third-order valence-corrected chi connectivity index (χ3v) is 1.31. The zero-order valence-electron chi connectivity index (χ0n) is 5.55. The molecule has 2 radical (unpaired) electrons. The number of rotatable bonds is 1. The molecule has 1 rings (SSSR count). The van der Waals surface area contributed by atoms with Gasteiger partial charge in [-0.2, -0.15) is 0 Å². The number of hydrogen-bond donors (Lipinski definition) is 0. The van der Waals surface area contributed by atoms with Crippen molar-refractivity contribution >= 4 is 0 Å². The largest absolute Gasteiger partial charge is 0.501 e. The Morgan fingerprint density at radius 2 is 2.33 bits per heavy atom. The lowest BCUT2D eigenvalue weighted by atomic mass is 10.1. The lowest BCUT2D eigenvalue weighted by molar-refractivity contribution is 0.282. The standard InChI is InChI=1S/C8H10O/c1-7-3-5-8(9-2)6-4-7/h3-5H,1,6H2,2H3. The van der Waals surface area contributed by atoms with Crippen LogP contribution >= 0.6 is 0 Å². The minimum atomic E-state index is 0.881. The van der Waals surface area contributed by atoms with Crippen LogP contribution in [0.15, 0.2) is 23.5 Å². The molecule has 1 heteroatoms. The van der Waals surface area contributed by atoms with E-state index in [0.717, 1.165) is 17.8 Å². The number of methoxy groups -OCH3 is 1. The summed E-state index contributed by atoms with van der Waals surface area (Å²) in [5.41, 5.74) is 1.07. The van der Waals surface area contributed by atoms with Gasteiger partial charge < -0.3 is 4.74 Å². The summed E-state index contributed by atoms with van der Waals surface area (Å²) in [6.45, 7) is 3.77. The zero-order chi connectivity index (χ0) is 6.69. The molecule has 0 atom stereocenters. The average Bonchev–Trinajstić information content (AvgIpc) is 1.90. The van der Waals surface area contributed by atoms with E-state index in [4.69, 9.17) is 4.74 Å². The Labute approximate surface area is 56.0 Å². The van der Waals surface area contributed by atoms with Gasteiger partial charge in [-0.1, -0.05) is 11.6 Å². The molecule has 1 nitrogen and oxygen atoms in total. The third-order valence-electron chi connectivity index (χ3n) is 1.31. The predicted molar refractivity (Wildman–Crippen MR) is 37.4 cm³/mol. The van der Waals surface area contributed by atoms with Crippen molar-refractivity contribution in [3.8, 4) is 0 Å². The summed E-state index contributed by atoms with van der Waals surface area (Å²) in [6.07, 6.45) is 6.81. The summed E-state index contributed by atoms with van der Waals surface area (Å²) in [7, 11) is 1.68. The fourth-order valence-electron chi connectivity index (χ4n) is 0.719. The van der Waals surface area contributed by atoms with Gasteiger partial charge in [0.15, 0.2) is 0 Å². The first-order chi connectivity index (χ1) is 4.33. The Kier molecular flexibility index (Phi) is 1.93. The van der Waals surface area contributed by atoms with Crippen molar-refractivity contribution in [2.45, 2.75) is 6.42 Å². The Hall–Kier alpha value is -0.720. The van der Waals surface area contributed by atoms with Crippen LogP contribution in [0.25, 0.3) is 0 Å². The molecule has 0 bridgehead atoms. The van der Waals surface area contributed by atoms with E-state index in [1.165, 1.54) is 0 Å². The molecule has 9 heavy (non-hydrogen) atoms. The van der Waals surface area contributed by atoms with Gasteiger partial charge in [-0.05, 0) is 19.4 Å². The highest BCUT2D eigenvalue weighted by Gasteiger charge is 2.01. The van der Waals surface area contributed by atoms with Crippen LogP contribution < -0.4 is 0 Å². The van der Waals surface area contributed by atoms with Gasteiger partial charge in [0.2, 0.25) is 0 Å². The van der Waals surface area contributed by atoms with Gasteiger partial charge in [0.1, 0.15) is 0 Å². The second kappa shape index (κ2) is 2.72. The lowest BCUT2D eigenvalue weighted by Crippen LogP contribution is -1.93. The first-order valence-electron chi connectivity index (χ1n) is 2.93. The van der Waals surface area contributed by atoms with Crippen molar-refractivity contribution in [3.05, 3.63) is 36.8 Å². The number of allylic oxidation sites excluding steroid dienone is 4. The average molecular weight is 122 g/mol. The Bertz CT molecular complexity index is 154. The molecule has 1 aliphatic carbocycles. The SMILES string of the molecule is [CH2]C1=CC=C(OC)C[CH]1. The first-order valence-corrected chi connectivity index (χ1v) is 2.93. The molecule has 0 aromatic heterocycles. The molecule has 0 amide bonds. The quantitative estimate of drug-likeness (QED) is 0.516. The first kappa shape index (κ1) is 6.40. The van der Waals surface area contributed by atoms with Crippen LogP contribution in [0.2, 0.25) is 0 Å². The van der Waals surface area contributed by atoms with E-state index >= 15 is 0 Å². The number of ether oxygens (including phenoxy) is 1. The van der Waals surface area contributed by atoms with E-state index in [1.807, 2.05) is 18.6 Å². The van der Waals surface area contributed by atoms with E-state index in [0.29, 0.717) is 0 Å². The molecule has 0 saturated carbocycles. The second-order valence-electron chi connectivity index (χ2n) is 1.99. The summed E-state index contributed by atoms with van der Waals surface area (Å²) >= 11 is 0. The van der Waals surface area contributed by atoms with Crippen molar-refractivity contribution < 1.29 is 4.74 Å². The van der Waals surface area contributed by atoms with Crippen LogP contribution in [0, 0.1) is 13.3 Å². The second-order valence-corrected chi connectivity index (χ2v) is 1.99. The van der Waals surface area contributed by atoms with Crippen LogP contribution in [0.5, 0.6) is 0 Å². The smallest absolute Gasteiger partial charge is 0.0961 e. The van der Waals surface area contributed by atoms with Crippen molar-refractivity contribution in [2.24, 2.45) is 0 Å². The molecule has 0 aromatic rings. The maximum absolute atomic E-state index is 5.00. The van der Waals surface area contributed by atoms with Gasteiger partial charge in [0, 0.05) is 6.42 Å². The summed E-state index contributed by atoms with van der Waals surface area (Å²) in [4.78, 5) is 0. The van der Waals surface area contributed by atoms with Gasteiger partial charge in [0.25, 0.3) is 0 Å². The molecule has 0 aromatic carbocycles. The Balaban J connectivity index is 2.59. The van der Waals surface area contributed by atoms with Crippen LogP contribution in [0.1, 0.15) is 6.42 Å². The fourth-order valence-corrected chi connectivity index (χ4v) is 0.719. The molecule has 0 saturated heterocycles. The molecule has 0 N–H and O–H groups in total. The molecular weight excluding hydrogens is 112 g/mol. The molecule has 0 heterocycles. The van der Waals surface area contributed by atoms with E-state index in [9.17, 15) is 0 Å². The molecule has 0 unspecified atom stereocenters. The molecule has 48 valence electrons. The molecule has 1 aliphatic rings. The zero-order valence-corrected chi connectivity index (χ0v) is 5.55. The van der Waals surface area contributed by atoms with Gasteiger partial charge >= 0.3 is 0 Å². The third kappa shape index (κ3) is 1.60. The van der Waals surface area contributed by atoms with Gasteiger partial charge in [-0.3, -0.25) is 0 Å². The van der Waals surface area contributed by atoms with Crippen molar-refractivity contribution in [2.75, 3.05) is 7.11 Å². The predicted octanol–water partition coefficient (Wildman–Crippen LogP) is 1.89. The normalized spacial score (nSPS) is 18.4. The van der Waals surface area contributed by atoms with Gasteiger partial charge in [0.05, 0.1) is 12.9 Å². The number of hydrogen-bond acceptors (Lipinski definition) is 1. The molecule has 0 spiro atoms. The Morgan fingerprint density at radius 1 is 1.56 bits per heavy atom. The maximum atomic E-state index is 5.00. The summed E-state index contributed by atoms with van der Waals surface area (Å²) < 4.78 is 5.00. The van der Waals surface area contributed by atoms with E-state index in [1.54, 1.807) is 7.11 Å². The highest BCUT2D eigenvalue weighted by molar-refractivity contribution is 5.30. The van der Waals surface area contributed by atoms with Crippen LogP contribution in [0.3, 0.4) is 0 Å². The topological polar surface area (TPSA) is 9.23 Å². The van der Waals surface area contributed by atoms with Crippen molar-refractivity contribution in [3.63, 3.8) is 0 Å². The van der Waals surface area contributed by atoms with Gasteiger partial charge in [-0.15, -0.1) is 0 Å². The van der Waals surface area contributed by atoms with Crippen LogP contribution in [-0.2, 0) is 4.74 Å². The fraction of sp³-hybridized carbons (Fsp3) is 0.250. The van der Waals surface area contributed by atoms with Crippen LogP contribution in [0.4, 0.5) is 0 Å². The molecule has 0 aliphatic heterocycles. The van der Waals surface area contributed by atoms with Crippen molar-refractivity contribution in [1.82, 2.24) is 0 Å². The highest BCUT2D eigenvalue weighted by atomic mass is 16.5. The molecular formula is C8H10O. The van der Waals surface area contributed by atoms with E-state index in [2.05, 4.69) is 6.92 Å². The van der Waals surface area contributed by atoms with E-state index < -0.39 is 0 Å². The minimum absolute atomic E-state index is 0.881. The van der Waals surface area contributed by atoms with Gasteiger partial charge in [-0.25, -0.2) is 0 Å².